The van der Waals surface area contributed by atoms with Crippen molar-refractivity contribution in [3.05, 3.63) is 28.2 Å². The summed E-state index contributed by atoms with van der Waals surface area (Å²) in [5.74, 6) is 1.31. The van der Waals surface area contributed by atoms with Crippen molar-refractivity contribution in [1.29, 1.82) is 0 Å². The van der Waals surface area contributed by atoms with E-state index in [0.29, 0.717) is 12.5 Å². The molecule has 20 heavy (non-hydrogen) atoms. The summed E-state index contributed by atoms with van der Waals surface area (Å²) in [5.41, 5.74) is 0.884. The number of rotatable bonds is 3. The standard InChI is InChI=1S/C15H18BrClO3/c16-13-3-1-2-11(9-17)14(13)20-12-4-6-19-15(8-12)5-7-18-10-15/h1-3,12H,4-10H2. The van der Waals surface area contributed by atoms with Crippen LogP contribution in [-0.2, 0) is 15.4 Å². The molecular weight excluding hydrogens is 344 g/mol. The summed E-state index contributed by atoms with van der Waals surface area (Å²) in [7, 11) is 0. The van der Waals surface area contributed by atoms with E-state index in [0.717, 1.165) is 48.3 Å². The van der Waals surface area contributed by atoms with Gasteiger partial charge in [0.2, 0.25) is 0 Å². The lowest BCUT2D eigenvalue weighted by Gasteiger charge is -2.37. The molecule has 2 heterocycles. The van der Waals surface area contributed by atoms with Crippen LogP contribution in [0, 0.1) is 0 Å². The smallest absolute Gasteiger partial charge is 0.138 e. The zero-order valence-corrected chi connectivity index (χ0v) is 13.6. The van der Waals surface area contributed by atoms with E-state index in [1.54, 1.807) is 0 Å². The second-order valence-corrected chi connectivity index (χ2v) is 6.55. The molecule has 2 fully saturated rings. The Labute approximate surface area is 132 Å². The number of para-hydroxylation sites is 1. The minimum Gasteiger partial charge on any atom is -0.489 e. The van der Waals surface area contributed by atoms with E-state index in [1.165, 1.54) is 0 Å². The fraction of sp³-hybridized carbons (Fsp3) is 0.600. The van der Waals surface area contributed by atoms with Gasteiger partial charge in [0.15, 0.2) is 0 Å². The third kappa shape index (κ3) is 2.98. The van der Waals surface area contributed by atoms with E-state index < -0.39 is 0 Å². The summed E-state index contributed by atoms with van der Waals surface area (Å²) in [5, 5.41) is 0. The number of hydrogen-bond acceptors (Lipinski definition) is 3. The Balaban J connectivity index is 1.74. The van der Waals surface area contributed by atoms with Crippen LogP contribution in [0.4, 0.5) is 0 Å². The van der Waals surface area contributed by atoms with Crippen LogP contribution >= 0.6 is 27.5 Å². The predicted molar refractivity (Wildman–Crippen MR) is 81.5 cm³/mol. The Hall–Kier alpha value is -0.290. The summed E-state index contributed by atoms with van der Waals surface area (Å²) in [6.45, 7) is 2.20. The van der Waals surface area contributed by atoms with Crippen LogP contribution in [0.25, 0.3) is 0 Å². The van der Waals surface area contributed by atoms with Crippen molar-refractivity contribution in [2.24, 2.45) is 0 Å². The lowest BCUT2D eigenvalue weighted by atomic mass is 9.91. The van der Waals surface area contributed by atoms with E-state index in [2.05, 4.69) is 15.9 Å². The average molecular weight is 362 g/mol. The average Bonchev–Trinajstić information content (AvgIpc) is 2.89. The predicted octanol–water partition coefficient (Wildman–Crippen LogP) is 3.90. The number of ether oxygens (including phenoxy) is 3. The fourth-order valence-corrected chi connectivity index (χ4v) is 3.62. The van der Waals surface area contributed by atoms with E-state index in [1.807, 2.05) is 18.2 Å². The molecule has 2 aliphatic heterocycles. The van der Waals surface area contributed by atoms with Crippen molar-refractivity contribution in [3.8, 4) is 5.75 Å². The first kappa shape index (κ1) is 14.6. The molecule has 0 N–H and O–H groups in total. The molecule has 0 bridgehead atoms. The van der Waals surface area contributed by atoms with Gasteiger partial charge in [-0.15, -0.1) is 11.6 Å². The van der Waals surface area contributed by atoms with Gasteiger partial charge in [-0.3, -0.25) is 0 Å². The van der Waals surface area contributed by atoms with Gasteiger partial charge in [-0.25, -0.2) is 0 Å². The number of halogens is 2. The summed E-state index contributed by atoms with van der Waals surface area (Å²) in [6.07, 6.45) is 2.91. The van der Waals surface area contributed by atoms with Crippen LogP contribution in [0.3, 0.4) is 0 Å². The van der Waals surface area contributed by atoms with Crippen molar-refractivity contribution >= 4 is 27.5 Å². The molecule has 5 heteroatoms. The lowest BCUT2D eigenvalue weighted by molar-refractivity contribution is -0.112. The Morgan fingerprint density at radius 1 is 1.40 bits per heavy atom. The zero-order valence-electron chi connectivity index (χ0n) is 11.2. The minimum absolute atomic E-state index is 0.134. The van der Waals surface area contributed by atoms with E-state index in [9.17, 15) is 0 Å². The monoisotopic (exact) mass is 360 g/mol. The quantitative estimate of drug-likeness (QED) is 0.764. The highest BCUT2D eigenvalue weighted by molar-refractivity contribution is 9.10. The van der Waals surface area contributed by atoms with Crippen LogP contribution < -0.4 is 4.74 Å². The Kier molecular flexibility index (Phi) is 4.55. The first-order valence-electron chi connectivity index (χ1n) is 6.94. The van der Waals surface area contributed by atoms with Gasteiger partial charge in [0, 0.05) is 31.4 Å². The number of hydrogen-bond donors (Lipinski definition) is 0. The van der Waals surface area contributed by atoms with Crippen LogP contribution in [0.1, 0.15) is 24.8 Å². The van der Waals surface area contributed by atoms with Gasteiger partial charge in [0.25, 0.3) is 0 Å². The topological polar surface area (TPSA) is 27.7 Å². The van der Waals surface area contributed by atoms with Gasteiger partial charge < -0.3 is 14.2 Å². The van der Waals surface area contributed by atoms with Gasteiger partial charge in [-0.05, 0) is 22.0 Å². The van der Waals surface area contributed by atoms with Crippen LogP contribution in [0.15, 0.2) is 22.7 Å². The zero-order chi connectivity index (χ0) is 14.0. The van der Waals surface area contributed by atoms with E-state index in [-0.39, 0.29) is 11.7 Å². The van der Waals surface area contributed by atoms with Crippen molar-refractivity contribution in [2.45, 2.75) is 36.8 Å². The number of alkyl halides is 1. The molecular formula is C15H18BrClO3. The van der Waals surface area contributed by atoms with Gasteiger partial charge in [-0.2, -0.15) is 0 Å². The lowest BCUT2D eigenvalue weighted by Crippen LogP contribution is -2.44. The largest absolute Gasteiger partial charge is 0.489 e. The highest BCUT2D eigenvalue weighted by Gasteiger charge is 2.42. The highest BCUT2D eigenvalue weighted by atomic mass is 79.9. The second kappa shape index (κ2) is 6.22. The molecule has 1 spiro atoms. The first-order chi connectivity index (χ1) is 9.72. The molecule has 110 valence electrons. The van der Waals surface area contributed by atoms with Crippen molar-refractivity contribution < 1.29 is 14.2 Å². The molecule has 1 aromatic carbocycles. The highest BCUT2D eigenvalue weighted by Crippen LogP contribution is 2.37. The summed E-state index contributed by atoms with van der Waals surface area (Å²) >= 11 is 9.55. The third-order valence-electron chi connectivity index (χ3n) is 3.99. The maximum Gasteiger partial charge on any atom is 0.138 e. The van der Waals surface area contributed by atoms with Crippen LogP contribution in [0.5, 0.6) is 5.75 Å². The molecule has 1 aromatic rings. The molecule has 0 aromatic heterocycles. The van der Waals surface area contributed by atoms with Crippen LogP contribution in [-0.4, -0.2) is 31.5 Å². The molecule has 2 atom stereocenters. The third-order valence-corrected chi connectivity index (χ3v) is 4.90. The molecule has 0 saturated carbocycles. The van der Waals surface area contributed by atoms with Gasteiger partial charge in [-0.1, -0.05) is 12.1 Å². The van der Waals surface area contributed by atoms with Crippen molar-refractivity contribution in [1.82, 2.24) is 0 Å². The minimum atomic E-state index is -0.134. The Bertz CT molecular complexity index is 474. The van der Waals surface area contributed by atoms with Gasteiger partial charge in [0.05, 0.1) is 29.2 Å². The first-order valence-corrected chi connectivity index (χ1v) is 8.27. The van der Waals surface area contributed by atoms with E-state index >= 15 is 0 Å². The number of benzene rings is 1. The van der Waals surface area contributed by atoms with Gasteiger partial charge >= 0.3 is 0 Å². The molecule has 2 unspecified atom stereocenters. The summed E-state index contributed by atoms with van der Waals surface area (Å²) < 4.78 is 18.6. The maximum atomic E-state index is 6.23. The Morgan fingerprint density at radius 2 is 2.30 bits per heavy atom. The molecule has 0 aliphatic carbocycles. The molecule has 2 saturated heterocycles. The second-order valence-electron chi connectivity index (χ2n) is 5.43. The maximum absolute atomic E-state index is 6.23. The molecule has 3 rings (SSSR count). The van der Waals surface area contributed by atoms with E-state index in [4.69, 9.17) is 25.8 Å². The van der Waals surface area contributed by atoms with Crippen molar-refractivity contribution in [3.63, 3.8) is 0 Å². The van der Waals surface area contributed by atoms with Crippen molar-refractivity contribution in [2.75, 3.05) is 19.8 Å². The molecule has 0 amide bonds. The molecule has 3 nitrogen and oxygen atoms in total. The normalized spacial score (nSPS) is 29.8. The summed E-state index contributed by atoms with van der Waals surface area (Å²) in [6, 6.07) is 5.96. The van der Waals surface area contributed by atoms with Crippen LogP contribution in [0.2, 0.25) is 0 Å². The fourth-order valence-electron chi connectivity index (χ4n) is 2.90. The molecule has 2 aliphatic rings. The Morgan fingerprint density at radius 3 is 3.05 bits per heavy atom. The van der Waals surface area contributed by atoms with Gasteiger partial charge in [0.1, 0.15) is 11.9 Å². The summed E-state index contributed by atoms with van der Waals surface area (Å²) in [4.78, 5) is 0. The SMILES string of the molecule is ClCc1cccc(Br)c1OC1CCOC2(CCOC2)C1. The molecule has 0 radical (unpaired) electrons.